The summed E-state index contributed by atoms with van der Waals surface area (Å²) < 4.78 is 1.91. The number of carbonyl (C=O) groups is 1. The number of amides is 2. The molecule has 0 aliphatic rings. The van der Waals surface area contributed by atoms with E-state index in [0.29, 0.717) is 11.5 Å². The third-order valence-corrected chi connectivity index (χ3v) is 3.60. The van der Waals surface area contributed by atoms with Crippen LogP contribution in [0.1, 0.15) is 5.82 Å². The van der Waals surface area contributed by atoms with E-state index in [2.05, 4.69) is 15.6 Å². The Labute approximate surface area is 137 Å². The summed E-state index contributed by atoms with van der Waals surface area (Å²) in [6.45, 7) is 0.242. The normalized spacial score (nSPS) is 10.5. The van der Waals surface area contributed by atoms with Crippen LogP contribution in [0.2, 0.25) is 0 Å². The Balaban J connectivity index is 1.66. The lowest BCUT2D eigenvalue weighted by Gasteiger charge is -2.07. The van der Waals surface area contributed by atoms with Gasteiger partial charge in [0.2, 0.25) is 0 Å². The summed E-state index contributed by atoms with van der Waals surface area (Å²) in [6, 6.07) is 13.0. The number of imidazole rings is 1. The van der Waals surface area contributed by atoms with Crippen molar-refractivity contribution in [1.82, 2.24) is 14.9 Å². The number of non-ortho nitro benzene ring substituents is 1. The molecular weight excluding hydrogens is 310 g/mol. The molecule has 3 aromatic rings. The fourth-order valence-corrected chi connectivity index (χ4v) is 2.39. The topological polar surface area (TPSA) is 102 Å². The van der Waals surface area contributed by atoms with E-state index >= 15 is 0 Å². The largest absolute Gasteiger partial charge is 0.331 e. The molecule has 0 saturated carbocycles. The molecule has 0 spiro atoms. The fraction of sp³-hybridized carbons (Fsp3) is 0.125. The molecule has 0 unspecified atom stereocenters. The van der Waals surface area contributed by atoms with Gasteiger partial charge in [0.1, 0.15) is 5.82 Å². The summed E-state index contributed by atoms with van der Waals surface area (Å²) >= 11 is 0. The van der Waals surface area contributed by atoms with Gasteiger partial charge in [0, 0.05) is 24.9 Å². The van der Waals surface area contributed by atoms with Crippen molar-refractivity contribution in [2.75, 3.05) is 5.32 Å². The summed E-state index contributed by atoms with van der Waals surface area (Å²) in [7, 11) is 1.88. The van der Waals surface area contributed by atoms with E-state index in [1.807, 2.05) is 35.9 Å². The van der Waals surface area contributed by atoms with Gasteiger partial charge in [-0.3, -0.25) is 10.1 Å². The van der Waals surface area contributed by atoms with Crippen LogP contribution in [0.5, 0.6) is 0 Å². The van der Waals surface area contributed by atoms with Crippen molar-refractivity contribution in [2.24, 2.45) is 7.05 Å². The summed E-state index contributed by atoms with van der Waals surface area (Å²) in [5.74, 6) is 0.713. The van der Waals surface area contributed by atoms with Gasteiger partial charge in [0.15, 0.2) is 0 Å². The van der Waals surface area contributed by atoms with E-state index in [1.165, 1.54) is 18.2 Å². The molecule has 0 bridgehead atoms. The average Bonchev–Trinajstić information content (AvgIpc) is 2.90. The predicted molar refractivity (Wildman–Crippen MR) is 89.7 cm³/mol. The zero-order valence-corrected chi connectivity index (χ0v) is 12.9. The highest BCUT2D eigenvalue weighted by Gasteiger charge is 2.10. The molecule has 0 atom stereocenters. The highest BCUT2D eigenvalue weighted by molar-refractivity contribution is 5.89. The number of carbonyl (C=O) groups excluding carboxylic acids is 1. The van der Waals surface area contributed by atoms with Crippen molar-refractivity contribution >= 4 is 28.4 Å². The number of fused-ring (bicyclic) bond motifs is 1. The zero-order chi connectivity index (χ0) is 17.1. The number of rotatable bonds is 4. The first-order valence-corrected chi connectivity index (χ1v) is 7.24. The minimum atomic E-state index is -0.511. The number of para-hydroxylation sites is 2. The highest BCUT2D eigenvalue weighted by Crippen LogP contribution is 2.17. The van der Waals surface area contributed by atoms with Gasteiger partial charge in [0.25, 0.3) is 5.69 Å². The summed E-state index contributed by atoms with van der Waals surface area (Å²) in [6.07, 6.45) is 0. The van der Waals surface area contributed by atoms with Gasteiger partial charge in [-0.2, -0.15) is 0 Å². The van der Waals surface area contributed by atoms with Crippen LogP contribution in [0, 0.1) is 10.1 Å². The standard InChI is InChI=1S/C16H15N5O3/c1-20-14-8-3-2-7-13(14)19-15(20)10-17-16(22)18-11-5-4-6-12(9-11)21(23)24/h2-9H,10H2,1H3,(H2,17,18,22). The number of hydrogen-bond acceptors (Lipinski definition) is 4. The Morgan fingerprint density at radius 1 is 1.25 bits per heavy atom. The lowest BCUT2D eigenvalue weighted by atomic mass is 10.3. The number of nitrogens with one attached hydrogen (secondary N) is 2. The maximum atomic E-state index is 12.0. The van der Waals surface area contributed by atoms with Gasteiger partial charge >= 0.3 is 6.03 Å². The molecule has 0 radical (unpaired) electrons. The van der Waals surface area contributed by atoms with E-state index in [0.717, 1.165) is 11.0 Å². The van der Waals surface area contributed by atoms with Crippen LogP contribution in [0.4, 0.5) is 16.2 Å². The SMILES string of the molecule is Cn1c(CNC(=O)Nc2cccc([N+](=O)[O-])c2)nc2ccccc21. The van der Waals surface area contributed by atoms with Gasteiger partial charge < -0.3 is 15.2 Å². The third kappa shape index (κ3) is 3.17. The van der Waals surface area contributed by atoms with Crippen LogP contribution < -0.4 is 10.6 Å². The minimum Gasteiger partial charge on any atom is -0.331 e. The van der Waals surface area contributed by atoms with Gasteiger partial charge in [-0.25, -0.2) is 9.78 Å². The van der Waals surface area contributed by atoms with E-state index < -0.39 is 11.0 Å². The monoisotopic (exact) mass is 325 g/mol. The maximum Gasteiger partial charge on any atom is 0.319 e. The fourth-order valence-electron chi connectivity index (χ4n) is 2.39. The van der Waals surface area contributed by atoms with Crippen LogP contribution in [-0.2, 0) is 13.6 Å². The first-order chi connectivity index (χ1) is 11.5. The van der Waals surface area contributed by atoms with Gasteiger partial charge in [0.05, 0.1) is 22.5 Å². The second kappa shape index (κ2) is 6.37. The Morgan fingerprint density at radius 3 is 2.79 bits per heavy atom. The number of aromatic nitrogens is 2. The van der Waals surface area contributed by atoms with E-state index in [4.69, 9.17) is 0 Å². The molecule has 8 heteroatoms. The van der Waals surface area contributed by atoms with Crippen LogP contribution in [-0.4, -0.2) is 20.5 Å². The number of urea groups is 1. The van der Waals surface area contributed by atoms with Crippen molar-refractivity contribution in [1.29, 1.82) is 0 Å². The molecule has 2 aromatic carbocycles. The molecule has 8 nitrogen and oxygen atoms in total. The number of aryl methyl sites for hydroxylation is 1. The second-order valence-electron chi connectivity index (χ2n) is 5.19. The van der Waals surface area contributed by atoms with Gasteiger partial charge in [-0.15, -0.1) is 0 Å². The number of anilines is 1. The first-order valence-electron chi connectivity index (χ1n) is 7.24. The van der Waals surface area contributed by atoms with Gasteiger partial charge in [-0.05, 0) is 18.2 Å². The third-order valence-electron chi connectivity index (χ3n) is 3.60. The Kier molecular flexibility index (Phi) is 4.11. The van der Waals surface area contributed by atoms with Crippen molar-refractivity contribution in [2.45, 2.75) is 6.54 Å². The van der Waals surface area contributed by atoms with Crippen molar-refractivity contribution < 1.29 is 9.72 Å². The molecule has 0 saturated heterocycles. The second-order valence-corrected chi connectivity index (χ2v) is 5.19. The lowest BCUT2D eigenvalue weighted by molar-refractivity contribution is -0.384. The Hall–Kier alpha value is -3.42. The van der Waals surface area contributed by atoms with E-state index in [9.17, 15) is 14.9 Å². The molecule has 122 valence electrons. The average molecular weight is 325 g/mol. The first kappa shape index (κ1) is 15.5. The van der Waals surface area contributed by atoms with Crippen LogP contribution in [0.15, 0.2) is 48.5 Å². The molecule has 3 rings (SSSR count). The molecule has 2 amide bonds. The quantitative estimate of drug-likeness (QED) is 0.568. The summed E-state index contributed by atoms with van der Waals surface area (Å²) in [4.78, 5) is 26.7. The number of benzene rings is 2. The minimum absolute atomic E-state index is 0.0804. The molecule has 1 aromatic heterocycles. The zero-order valence-electron chi connectivity index (χ0n) is 12.9. The summed E-state index contributed by atoms with van der Waals surface area (Å²) in [5.41, 5.74) is 2.11. The van der Waals surface area contributed by atoms with Crippen LogP contribution >= 0.6 is 0 Å². The Morgan fingerprint density at radius 2 is 2.04 bits per heavy atom. The maximum absolute atomic E-state index is 12.0. The smallest absolute Gasteiger partial charge is 0.319 e. The van der Waals surface area contributed by atoms with E-state index in [-0.39, 0.29) is 12.2 Å². The number of nitrogens with zero attached hydrogens (tertiary/aromatic N) is 3. The Bertz CT molecular complexity index is 919. The van der Waals surface area contributed by atoms with Crippen molar-refractivity contribution in [3.63, 3.8) is 0 Å². The van der Waals surface area contributed by atoms with Crippen molar-refractivity contribution in [3.8, 4) is 0 Å². The number of hydrogen-bond donors (Lipinski definition) is 2. The molecule has 1 heterocycles. The molecule has 0 aliphatic carbocycles. The van der Waals surface area contributed by atoms with Crippen LogP contribution in [0.3, 0.4) is 0 Å². The number of nitro groups is 1. The molecular formula is C16H15N5O3. The number of nitro benzene ring substituents is 1. The summed E-state index contributed by atoms with van der Waals surface area (Å²) in [5, 5.41) is 16.0. The van der Waals surface area contributed by atoms with Gasteiger partial charge in [-0.1, -0.05) is 18.2 Å². The molecule has 0 aliphatic heterocycles. The van der Waals surface area contributed by atoms with E-state index in [1.54, 1.807) is 6.07 Å². The predicted octanol–water partition coefficient (Wildman–Crippen LogP) is 2.80. The lowest BCUT2D eigenvalue weighted by Crippen LogP contribution is -2.29. The molecule has 0 fully saturated rings. The molecule has 24 heavy (non-hydrogen) atoms. The van der Waals surface area contributed by atoms with Crippen LogP contribution in [0.25, 0.3) is 11.0 Å². The van der Waals surface area contributed by atoms with Crippen molar-refractivity contribution in [3.05, 3.63) is 64.5 Å². The molecule has 2 N–H and O–H groups in total. The highest BCUT2D eigenvalue weighted by atomic mass is 16.6.